The van der Waals surface area contributed by atoms with Gasteiger partial charge in [-0.25, -0.2) is 0 Å². The van der Waals surface area contributed by atoms with Gasteiger partial charge in [0.25, 0.3) is 0 Å². The molecule has 0 heterocycles. The van der Waals surface area contributed by atoms with Crippen molar-refractivity contribution in [2.24, 2.45) is 52.8 Å². The molecule has 0 aliphatic heterocycles. The standard InChI is InChI=1S/C19H34.C11H22/c1-3-4-11-17-14(2)13-16-10-7-12-18(16)19(17)15-8-5-6-9-15;1-9-5-7-10(8-6-9)11(2,3)4/h14-19H,3-13H2,1-2H3;9-10H,5-8H2,1-4H3. The molecule has 0 amide bonds. The van der Waals surface area contributed by atoms with Crippen molar-refractivity contribution in [3.8, 4) is 0 Å². The van der Waals surface area contributed by atoms with E-state index < -0.39 is 0 Å². The number of fused-ring (bicyclic) bond motifs is 1. The first-order valence-electron chi connectivity index (χ1n) is 14.3. The van der Waals surface area contributed by atoms with Crippen LogP contribution in [0.15, 0.2) is 0 Å². The summed E-state index contributed by atoms with van der Waals surface area (Å²) in [5.41, 5.74) is 0.556. The topological polar surface area (TPSA) is 0 Å². The van der Waals surface area contributed by atoms with Crippen molar-refractivity contribution in [2.75, 3.05) is 0 Å². The molecular formula is C30H56. The van der Waals surface area contributed by atoms with Gasteiger partial charge in [-0.15, -0.1) is 0 Å². The van der Waals surface area contributed by atoms with E-state index >= 15 is 0 Å². The fourth-order valence-electron chi connectivity index (χ4n) is 8.30. The molecule has 0 aromatic carbocycles. The summed E-state index contributed by atoms with van der Waals surface area (Å²) < 4.78 is 0. The lowest BCUT2D eigenvalue weighted by atomic mass is 9.58. The van der Waals surface area contributed by atoms with Crippen LogP contribution in [0, 0.1) is 52.8 Å². The van der Waals surface area contributed by atoms with Gasteiger partial charge in [-0.3, -0.25) is 0 Å². The van der Waals surface area contributed by atoms with Gasteiger partial charge in [-0.2, -0.15) is 0 Å². The van der Waals surface area contributed by atoms with Gasteiger partial charge in [0.1, 0.15) is 0 Å². The van der Waals surface area contributed by atoms with Crippen LogP contribution in [0.4, 0.5) is 0 Å². The highest BCUT2D eigenvalue weighted by molar-refractivity contribution is 4.97. The second-order valence-electron chi connectivity index (χ2n) is 13.3. The van der Waals surface area contributed by atoms with Crippen LogP contribution in [-0.2, 0) is 0 Å². The molecule has 0 saturated heterocycles. The lowest BCUT2D eigenvalue weighted by molar-refractivity contribution is 0.0160. The van der Waals surface area contributed by atoms with Gasteiger partial charge in [0.2, 0.25) is 0 Å². The summed E-state index contributed by atoms with van der Waals surface area (Å²) in [6.07, 6.45) is 22.8. The molecule has 0 N–H and O–H groups in total. The highest BCUT2D eigenvalue weighted by atomic mass is 14.5. The van der Waals surface area contributed by atoms with Gasteiger partial charge < -0.3 is 0 Å². The molecule has 0 aromatic heterocycles. The second-order valence-corrected chi connectivity index (χ2v) is 13.3. The van der Waals surface area contributed by atoms with Gasteiger partial charge in [0.15, 0.2) is 0 Å². The van der Waals surface area contributed by atoms with E-state index in [2.05, 4.69) is 41.5 Å². The minimum absolute atomic E-state index is 0.556. The minimum Gasteiger partial charge on any atom is -0.0654 e. The molecule has 0 heteroatoms. The molecule has 4 rings (SSSR count). The minimum atomic E-state index is 0.556. The summed E-state index contributed by atoms with van der Waals surface area (Å²) in [7, 11) is 0. The van der Waals surface area contributed by atoms with Crippen LogP contribution >= 0.6 is 0 Å². The number of rotatable bonds is 4. The normalized spacial score (nSPS) is 40.0. The second kappa shape index (κ2) is 11.2. The van der Waals surface area contributed by atoms with Gasteiger partial charge >= 0.3 is 0 Å². The first-order valence-corrected chi connectivity index (χ1v) is 14.3. The van der Waals surface area contributed by atoms with Crippen molar-refractivity contribution >= 4 is 0 Å². The van der Waals surface area contributed by atoms with Gasteiger partial charge in [0.05, 0.1) is 0 Å². The van der Waals surface area contributed by atoms with Crippen molar-refractivity contribution in [3.05, 3.63) is 0 Å². The zero-order chi connectivity index (χ0) is 21.7. The van der Waals surface area contributed by atoms with Gasteiger partial charge in [0, 0.05) is 0 Å². The molecule has 4 saturated carbocycles. The molecular weight excluding hydrogens is 360 g/mol. The highest BCUT2D eigenvalue weighted by Gasteiger charge is 2.47. The van der Waals surface area contributed by atoms with Crippen molar-refractivity contribution in [1.29, 1.82) is 0 Å². The molecule has 5 atom stereocenters. The predicted octanol–water partition coefficient (Wildman–Crippen LogP) is 9.91. The Kier molecular flexibility index (Phi) is 9.22. The molecule has 4 aliphatic carbocycles. The maximum absolute atomic E-state index is 2.59. The first kappa shape index (κ1) is 24.6. The van der Waals surface area contributed by atoms with E-state index in [1.807, 2.05) is 0 Å². The van der Waals surface area contributed by atoms with Crippen LogP contribution in [0.2, 0.25) is 0 Å². The van der Waals surface area contributed by atoms with Crippen LogP contribution in [-0.4, -0.2) is 0 Å². The van der Waals surface area contributed by atoms with E-state index in [4.69, 9.17) is 0 Å². The molecule has 0 radical (unpaired) electrons. The fourth-order valence-corrected chi connectivity index (χ4v) is 8.30. The lowest BCUT2D eigenvalue weighted by Crippen LogP contribution is -2.40. The van der Waals surface area contributed by atoms with Crippen LogP contribution in [0.5, 0.6) is 0 Å². The van der Waals surface area contributed by atoms with E-state index in [0.29, 0.717) is 5.41 Å². The summed E-state index contributed by atoms with van der Waals surface area (Å²) in [6, 6.07) is 0. The van der Waals surface area contributed by atoms with E-state index in [9.17, 15) is 0 Å². The number of hydrogen-bond acceptors (Lipinski definition) is 0. The monoisotopic (exact) mass is 416 g/mol. The third-order valence-electron chi connectivity index (χ3n) is 10.2. The van der Waals surface area contributed by atoms with Crippen LogP contribution in [0.25, 0.3) is 0 Å². The molecule has 4 fully saturated rings. The molecule has 0 nitrogen and oxygen atoms in total. The average molecular weight is 417 g/mol. The summed E-state index contributed by atoms with van der Waals surface area (Å²) in [4.78, 5) is 0. The largest absolute Gasteiger partial charge is 0.0654 e. The molecule has 30 heavy (non-hydrogen) atoms. The van der Waals surface area contributed by atoms with Crippen LogP contribution in [0.3, 0.4) is 0 Å². The fraction of sp³-hybridized carbons (Fsp3) is 1.00. The Morgan fingerprint density at radius 1 is 0.733 bits per heavy atom. The van der Waals surface area contributed by atoms with Crippen molar-refractivity contribution < 1.29 is 0 Å². The third kappa shape index (κ3) is 6.28. The number of hydrogen-bond donors (Lipinski definition) is 0. The van der Waals surface area contributed by atoms with E-state index in [1.165, 1.54) is 51.4 Å². The Hall–Kier alpha value is 0. The van der Waals surface area contributed by atoms with E-state index in [1.54, 1.807) is 44.9 Å². The Balaban J connectivity index is 0.000000199. The molecule has 176 valence electrons. The van der Waals surface area contributed by atoms with Crippen LogP contribution in [0.1, 0.15) is 138 Å². The van der Waals surface area contributed by atoms with Crippen molar-refractivity contribution in [2.45, 2.75) is 138 Å². The Morgan fingerprint density at radius 3 is 1.97 bits per heavy atom. The van der Waals surface area contributed by atoms with Crippen molar-refractivity contribution in [3.63, 3.8) is 0 Å². The maximum atomic E-state index is 2.59. The quantitative estimate of drug-likeness (QED) is 0.427. The Morgan fingerprint density at radius 2 is 1.37 bits per heavy atom. The summed E-state index contributed by atoms with van der Waals surface area (Å²) in [5.74, 6) is 8.60. The highest BCUT2D eigenvalue weighted by Crippen LogP contribution is 2.56. The zero-order valence-electron chi connectivity index (χ0n) is 21.7. The summed E-state index contributed by atoms with van der Waals surface area (Å²) in [6.45, 7) is 14.5. The summed E-state index contributed by atoms with van der Waals surface area (Å²) in [5, 5.41) is 0. The Labute approximate surface area is 190 Å². The van der Waals surface area contributed by atoms with Crippen molar-refractivity contribution in [1.82, 2.24) is 0 Å². The maximum Gasteiger partial charge on any atom is -0.0324 e. The van der Waals surface area contributed by atoms with E-state index in [-0.39, 0.29) is 0 Å². The molecule has 4 aliphatic rings. The molecule has 0 spiro atoms. The third-order valence-corrected chi connectivity index (χ3v) is 10.2. The van der Waals surface area contributed by atoms with Crippen LogP contribution < -0.4 is 0 Å². The summed E-state index contributed by atoms with van der Waals surface area (Å²) >= 11 is 0. The smallest absolute Gasteiger partial charge is 0.0324 e. The average Bonchev–Trinajstić information content (AvgIpc) is 3.38. The van der Waals surface area contributed by atoms with Gasteiger partial charge in [-0.1, -0.05) is 106 Å². The predicted molar refractivity (Wildman–Crippen MR) is 134 cm³/mol. The molecule has 0 aromatic rings. The van der Waals surface area contributed by atoms with E-state index in [0.717, 1.165) is 47.3 Å². The molecule has 5 unspecified atom stereocenters. The number of unbranched alkanes of at least 4 members (excludes halogenated alkanes) is 1. The lowest BCUT2D eigenvalue weighted by Gasteiger charge is -2.47. The Bertz CT molecular complexity index is 471. The first-order chi connectivity index (χ1) is 14.3. The zero-order valence-corrected chi connectivity index (χ0v) is 21.7. The SMILES string of the molecule is CC1CCC(C(C)(C)C)CC1.CCCCC1C(C)CC2CCCC2C1C1CCCC1. The van der Waals surface area contributed by atoms with Gasteiger partial charge in [-0.05, 0) is 84.9 Å². The molecule has 0 bridgehead atoms.